The number of hydrogen-bond acceptors (Lipinski definition) is 3. The van der Waals surface area contributed by atoms with Crippen molar-refractivity contribution < 1.29 is 53.5 Å². The molecule has 0 aliphatic carbocycles. The third-order valence-corrected chi connectivity index (χ3v) is 2.47. The van der Waals surface area contributed by atoms with Gasteiger partial charge in [-0.05, 0) is 0 Å². The Bertz CT molecular complexity index is 239. The van der Waals surface area contributed by atoms with E-state index in [-0.39, 0.29) is 26.2 Å². The zero-order chi connectivity index (χ0) is 8.41. The minimum absolute atomic E-state index is 0. The van der Waals surface area contributed by atoms with Crippen LogP contribution in [0.1, 0.15) is 0 Å². The summed E-state index contributed by atoms with van der Waals surface area (Å²) in [5.74, 6) is -0.905. The van der Waals surface area contributed by atoms with Crippen molar-refractivity contribution in [2.45, 2.75) is 0 Å². The molecule has 6 nitrogen and oxygen atoms in total. The van der Waals surface area contributed by atoms with Gasteiger partial charge in [-0.25, -0.2) is 0 Å². The van der Waals surface area contributed by atoms with Crippen LogP contribution in [0.15, 0.2) is 0 Å². The van der Waals surface area contributed by atoms with E-state index in [1.54, 1.807) is 0 Å². The molecule has 0 aliphatic heterocycles. The maximum Gasteiger partial charge on any atom is 0.326 e. The quantitative estimate of drug-likeness (QED) is 0.454. The summed E-state index contributed by atoms with van der Waals surface area (Å²) in [6.07, 6.45) is -0.841. The third kappa shape index (κ3) is 13.9. The van der Waals surface area contributed by atoms with Crippen molar-refractivity contribution in [3.8, 4) is 0 Å². The molecule has 0 aliphatic rings. The second-order valence-corrected chi connectivity index (χ2v) is 5.02. The Morgan fingerprint density at radius 1 is 1.27 bits per heavy atom. The van der Waals surface area contributed by atoms with E-state index in [2.05, 4.69) is 0 Å². The first kappa shape index (κ1) is 14.5. The Morgan fingerprint density at radius 3 is 1.73 bits per heavy atom. The smallest absolute Gasteiger partial charge is 0.324 e. The Balaban J connectivity index is 0. The molecule has 0 rings (SSSR count). The fourth-order valence-corrected chi connectivity index (χ4v) is 2.11. The van der Waals surface area contributed by atoms with E-state index in [0.717, 1.165) is 0 Å². The maximum atomic E-state index is 10.00. The van der Waals surface area contributed by atoms with Crippen LogP contribution < -0.4 is 0 Å². The van der Waals surface area contributed by atoms with E-state index in [1.807, 2.05) is 0 Å². The van der Waals surface area contributed by atoms with Gasteiger partial charge in [-0.1, -0.05) is 0 Å². The molecule has 0 spiro atoms. The van der Waals surface area contributed by atoms with Gasteiger partial charge >= 0.3 is 7.60 Å². The molecule has 0 heterocycles. The van der Waals surface area contributed by atoms with Crippen LogP contribution in [0.2, 0.25) is 0 Å². The molecule has 0 saturated heterocycles. The van der Waals surface area contributed by atoms with Crippen LogP contribution in [-0.2, 0) is 40.9 Å². The first-order valence-corrected chi connectivity index (χ1v) is 5.61. The van der Waals surface area contributed by atoms with Crippen LogP contribution in [-0.4, -0.2) is 34.7 Å². The molecule has 0 bridgehead atoms. The Labute approximate surface area is 83.0 Å². The SMILES string of the molecule is O=P(O)(O)CCS(=O)(=O)O.[Zr]. The number of hydrogen-bond donors (Lipinski definition) is 3. The van der Waals surface area contributed by atoms with Gasteiger partial charge in [-0.2, -0.15) is 8.42 Å². The molecule has 0 amide bonds. The van der Waals surface area contributed by atoms with Crippen molar-refractivity contribution in [1.29, 1.82) is 0 Å². The van der Waals surface area contributed by atoms with Crippen LogP contribution in [0.5, 0.6) is 0 Å². The van der Waals surface area contributed by atoms with Crippen LogP contribution in [0.4, 0.5) is 0 Å². The molecule has 0 radical (unpaired) electrons. The summed E-state index contributed by atoms with van der Waals surface area (Å²) in [6, 6.07) is 0. The first-order valence-electron chi connectivity index (χ1n) is 2.20. The number of rotatable bonds is 3. The van der Waals surface area contributed by atoms with Crippen molar-refractivity contribution in [1.82, 2.24) is 0 Å². The summed E-state index contributed by atoms with van der Waals surface area (Å²) >= 11 is 0. The summed E-state index contributed by atoms with van der Waals surface area (Å²) < 4.78 is 37.8. The van der Waals surface area contributed by atoms with E-state index in [0.29, 0.717) is 0 Å². The van der Waals surface area contributed by atoms with Crippen molar-refractivity contribution in [3.05, 3.63) is 0 Å². The van der Waals surface area contributed by atoms with Crippen molar-refractivity contribution in [2.75, 3.05) is 11.9 Å². The summed E-state index contributed by atoms with van der Waals surface area (Å²) in [5.41, 5.74) is 0. The fourth-order valence-electron chi connectivity index (χ4n) is 0.234. The molecule has 0 aromatic carbocycles. The molecule has 0 fully saturated rings. The van der Waals surface area contributed by atoms with Gasteiger partial charge in [0.15, 0.2) is 0 Å². The molecular weight excluding hydrogens is 274 g/mol. The van der Waals surface area contributed by atoms with Crippen molar-refractivity contribution in [3.63, 3.8) is 0 Å². The van der Waals surface area contributed by atoms with Gasteiger partial charge < -0.3 is 9.79 Å². The third-order valence-electron chi connectivity index (χ3n) is 0.641. The summed E-state index contributed by atoms with van der Waals surface area (Å²) in [7, 11) is -8.55. The van der Waals surface area contributed by atoms with Gasteiger partial charge in [0, 0.05) is 26.2 Å². The van der Waals surface area contributed by atoms with Crippen molar-refractivity contribution in [2.24, 2.45) is 0 Å². The minimum Gasteiger partial charge on any atom is -0.324 e. The van der Waals surface area contributed by atoms with Crippen LogP contribution in [0.3, 0.4) is 0 Å². The summed E-state index contributed by atoms with van der Waals surface area (Å²) in [4.78, 5) is 16.2. The standard InChI is InChI=1S/C2H7O6PS.Zr/c3-9(4,5)1-2-10(6,7)8;/h1-2H2,(H2,3,4,5)(H,6,7,8);. The zero-order valence-electron chi connectivity index (χ0n) is 5.34. The van der Waals surface area contributed by atoms with E-state index in [4.69, 9.17) is 14.3 Å². The second-order valence-electron chi connectivity index (χ2n) is 1.67. The van der Waals surface area contributed by atoms with Gasteiger partial charge in [0.05, 0.1) is 11.9 Å². The zero-order valence-corrected chi connectivity index (χ0v) is 9.51. The molecular formula is C2H7O6PSZr. The maximum absolute atomic E-state index is 10.00. The van der Waals surface area contributed by atoms with E-state index < -0.39 is 29.6 Å². The molecule has 0 atom stereocenters. The molecule has 66 valence electrons. The molecule has 0 aromatic rings. The molecule has 9 heteroatoms. The van der Waals surface area contributed by atoms with Gasteiger partial charge in [-0.15, -0.1) is 0 Å². The van der Waals surface area contributed by atoms with Crippen LogP contribution in [0, 0.1) is 0 Å². The fraction of sp³-hybridized carbons (Fsp3) is 1.00. The molecule has 0 unspecified atom stereocenters. The first-order chi connectivity index (χ1) is 4.21. The average Bonchev–Trinajstić information content (AvgIpc) is 1.57. The Kier molecular flexibility index (Phi) is 6.37. The summed E-state index contributed by atoms with van der Waals surface area (Å²) in [5, 5.41) is 0. The van der Waals surface area contributed by atoms with E-state index in [9.17, 15) is 13.0 Å². The summed E-state index contributed by atoms with van der Waals surface area (Å²) in [6.45, 7) is 0. The second kappa shape index (κ2) is 4.85. The van der Waals surface area contributed by atoms with E-state index >= 15 is 0 Å². The minimum atomic E-state index is -4.30. The molecule has 0 aromatic heterocycles. The topological polar surface area (TPSA) is 112 Å². The van der Waals surface area contributed by atoms with Gasteiger partial charge in [0.25, 0.3) is 10.1 Å². The average molecular weight is 281 g/mol. The van der Waals surface area contributed by atoms with Crippen LogP contribution in [0.25, 0.3) is 0 Å². The van der Waals surface area contributed by atoms with Crippen LogP contribution >= 0.6 is 7.60 Å². The van der Waals surface area contributed by atoms with Gasteiger partial charge in [0.1, 0.15) is 0 Å². The Hall–Kier alpha value is 0.943. The Morgan fingerprint density at radius 2 is 1.64 bits per heavy atom. The predicted molar refractivity (Wildman–Crippen MR) is 33.3 cm³/mol. The largest absolute Gasteiger partial charge is 0.326 e. The predicted octanol–water partition coefficient (Wildman–Crippen LogP) is -0.951. The van der Waals surface area contributed by atoms with Crippen molar-refractivity contribution >= 4 is 17.7 Å². The molecule has 11 heavy (non-hydrogen) atoms. The van der Waals surface area contributed by atoms with Gasteiger partial charge in [-0.3, -0.25) is 9.12 Å². The normalized spacial score (nSPS) is 12.3. The van der Waals surface area contributed by atoms with Gasteiger partial charge in [0.2, 0.25) is 0 Å². The monoisotopic (exact) mass is 280 g/mol. The molecule has 3 N–H and O–H groups in total. The van der Waals surface area contributed by atoms with E-state index in [1.165, 1.54) is 0 Å². The molecule has 0 saturated carbocycles.